The van der Waals surface area contributed by atoms with Crippen molar-refractivity contribution in [2.75, 3.05) is 26.1 Å². The number of ether oxygens (including phenoxy) is 3. The fraction of sp³-hybridized carbons (Fsp3) is 0.250. The Labute approximate surface area is 237 Å². The van der Waals surface area contributed by atoms with Gasteiger partial charge in [-0.3, -0.25) is 14.3 Å². The van der Waals surface area contributed by atoms with Crippen LogP contribution in [0.25, 0.3) is 27.8 Å². The number of para-hydroxylation sites is 1. The second-order valence-electron chi connectivity index (χ2n) is 9.22. The lowest BCUT2D eigenvalue weighted by Gasteiger charge is -2.23. The number of anilines is 1. The quantitative estimate of drug-likeness (QED) is 0.258. The Morgan fingerprint density at radius 3 is 2.24 bits per heavy atom. The van der Waals surface area contributed by atoms with Gasteiger partial charge in [0.25, 0.3) is 0 Å². The molecule has 13 heteroatoms. The van der Waals surface area contributed by atoms with Gasteiger partial charge < -0.3 is 14.2 Å². The standard InChI is InChI=1S/C28H29N7O5S/c1-17-14-30-26(31-15-17)25(40-5)18(2)41(36,37)34-28-33-32-27(21-9-6-8-19-16-29-13-12-20(19)21)35(28)24-22(38-3)10-7-11-23(24)39-4/h6-16,18,25H,1-5H3,(H,33,34). The van der Waals surface area contributed by atoms with Crippen LogP contribution in [0.2, 0.25) is 0 Å². The fourth-order valence-corrected chi connectivity index (χ4v) is 5.68. The van der Waals surface area contributed by atoms with Crippen LogP contribution in [0.4, 0.5) is 5.95 Å². The van der Waals surface area contributed by atoms with E-state index >= 15 is 0 Å². The smallest absolute Gasteiger partial charge is 0.243 e. The van der Waals surface area contributed by atoms with Crippen molar-refractivity contribution >= 4 is 26.7 Å². The van der Waals surface area contributed by atoms with Gasteiger partial charge >= 0.3 is 0 Å². The highest BCUT2D eigenvalue weighted by Gasteiger charge is 2.35. The highest BCUT2D eigenvalue weighted by Crippen LogP contribution is 2.39. The van der Waals surface area contributed by atoms with Crippen LogP contribution in [0.1, 0.15) is 24.4 Å². The second-order valence-corrected chi connectivity index (χ2v) is 11.3. The van der Waals surface area contributed by atoms with Crippen molar-refractivity contribution in [3.8, 4) is 28.6 Å². The lowest BCUT2D eigenvalue weighted by Crippen LogP contribution is -2.33. The van der Waals surface area contributed by atoms with Crippen LogP contribution in [0, 0.1) is 6.92 Å². The monoisotopic (exact) mass is 575 g/mol. The molecule has 0 aliphatic carbocycles. The Balaban J connectivity index is 1.68. The molecule has 0 aliphatic rings. The summed E-state index contributed by atoms with van der Waals surface area (Å²) < 4.78 is 48.7. The highest BCUT2D eigenvalue weighted by atomic mass is 32.2. The molecule has 2 atom stereocenters. The van der Waals surface area contributed by atoms with E-state index in [-0.39, 0.29) is 11.8 Å². The summed E-state index contributed by atoms with van der Waals surface area (Å²) in [6, 6.07) is 12.8. The van der Waals surface area contributed by atoms with Crippen LogP contribution in [0.5, 0.6) is 11.5 Å². The number of rotatable bonds is 10. The lowest BCUT2D eigenvalue weighted by molar-refractivity contribution is 0.0949. The molecule has 0 fully saturated rings. The van der Waals surface area contributed by atoms with Gasteiger partial charge in [-0.2, -0.15) is 0 Å². The zero-order valence-corrected chi connectivity index (χ0v) is 24.0. The maximum Gasteiger partial charge on any atom is 0.243 e. The molecule has 0 saturated carbocycles. The van der Waals surface area contributed by atoms with Gasteiger partial charge in [0, 0.05) is 42.8 Å². The Kier molecular flexibility index (Phi) is 7.81. The number of hydrogen-bond donors (Lipinski definition) is 1. The van der Waals surface area contributed by atoms with E-state index in [1.807, 2.05) is 31.2 Å². The molecule has 5 aromatic rings. The van der Waals surface area contributed by atoms with E-state index in [2.05, 4.69) is 29.9 Å². The van der Waals surface area contributed by atoms with Gasteiger partial charge in [-0.1, -0.05) is 24.3 Å². The number of fused-ring (bicyclic) bond motifs is 1. The van der Waals surface area contributed by atoms with Gasteiger partial charge in [0.1, 0.15) is 28.5 Å². The molecule has 3 aromatic heterocycles. The van der Waals surface area contributed by atoms with Crippen LogP contribution in [0.15, 0.2) is 67.3 Å². The van der Waals surface area contributed by atoms with Crippen LogP contribution in [0.3, 0.4) is 0 Å². The zero-order chi connectivity index (χ0) is 29.1. The first kappa shape index (κ1) is 27.9. The van der Waals surface area contributed by atoms with Crippen molar-refractivity contribution in [3.05, 3.63) is 78.6 Å². The zero-order valence-electron chi connectivity index (χ0n) is 23.1. The summed E-state index contributed by atoms with van der Waals surface area (Å²) in [7, 11) is 0.311. The molecular weight excluding hydrogens is 546 g/mol. The Bertz CT molecular complexity index is 1760. The third-order valence-electron chi connectivity index (χ3n) is 6.67. The summed E-state index contributed by atoms with van der Waals surface area (Å²) in [5.41, 5.74) is 1.96. The molecule has 3 heterocycles. The number of aromatic nitrogens is 6. The Morgan fingerprint density at radius 1 is 0.902 bits per heavy atom. The van der Waals surface area contributed by atoms with E-state index in [9.17, 15) is 8.42 Å². The van der Waals surface area contributed by atoms with Gasteiger partial charge in [-0.25, -0.2) is 18.4 Å². The average Bonchev–Trinajstić information content (AvgIpc) is 3.39. The summed E-state index contributed by atoms with van der Waals surface area (Å²) >= 11 is 0. The maximum absolute atomic E-state index is 13.8. The van der Waals surface area contributed by atoms with Gasteiger partial charge in [0.2, 0.25) is 16.0 Å². The fourth-order valence-electron chi connectivity index (χ4n) is 4.55. The second kappa shape index (κ2) is 11.5. The summed E-state index contributed by atoms with van der Waals surface area (Å²) in [6.45, 7) is 3.36. The Hall–Kier alpha value is -4.62. The minimum Gasteiger partial charge on any atom is -0.494 e. The van der Waals surface area contributed by atoms with E-state index in [4.69, 9.17) is 14.2 Å². The van der Waals surface area contributed by atoms with E-state index < -0.39 is 21.4 Å². The number of methoxy groups -OCH3 is 3. The van der Waals surface area contributed by atoms with E-state index in [0.29, 0.717) is 28.6 Å². The summed E-state index contributed by atoms with van der Waals surface area (Å²) in [5.74, 6) is 1.38. The molecule has 12 nitrogen and oxygen atoms in total. The van der Waals surface area contributed by atoms with Gasteiger partial charge in [0.05, 0.1) is 14.2 Å². The molecule has 1 N–H and O–H groups in total. The van der Waals surface area contributed by atoms with Crippen LogP contribution in [-0.2, 0) is 14.8 Å². The van der Waals surface area contributed by atoms with Crippen LogP contribution < -0.4 is 14.2 Å². The Morgan fingerprint density at radius 2 is 1.59 bits per heavy atom. The molecule has 0 saturated heterocycles. The third-order valence-corrected chi connectivity index (χ3v) is 8.36. The predicted octanol–water partition coefficient (Wildman–Crippen LogP) is 4.12. The molecule has 2 unspecified atom stereocenters. The molecule has 5 rings (SSSR count). The molecule has 0 radical (unpaired) electrons. The van der Waals surface area contributed by atoms with Crippen molar-refractivity contribution < 1.29 is 22.6 Å². The maximum atomic E-state index is 13.8. The van der Waals surface area contributed by atoms with Crippen molar-refractivity contribution in [2.45, 2.75) is 25.2 Å². The minimum atomic E-state index is -4.13. The first-order chi connectivity index (χ1) is 19.8. The lowest BCUT2D eigenvalue weighted by atomic mass is 10.1. The summed E-state index contributed by atoms with van der Waals surface area (Å²) in [4.78, 5) is 12.8. The van der Waals surface area contributed by atoms with Crippen molar-refractivity contribution in [2.24, 2.45) is 0 Å². The first-order valence-electron chi connectivity index (χ1n) is 12.6. The largest absolute Gasteiger partial charge is 0.494 e. The molecule has 0 spiro atoms. The van der Waals surface area contributed by atoms with Crippen LogP contribution in [-0.4, -0.2) is 64.7 Å². The number of hydrogen-bond acceptors (Lipinski definition) is 10. The molecule has 0 bridgehead atoms. The minimum absolute atomic E-state index is 0.0691. The number of aryl methyl sites for hydroxylation is 1. The SMILES string of the molecule is COc1cccc(OC)c1-n1c(NS(=O)(=O)C(C)C(OC)c2ncc(C)cn2)nnc1-c1cccc2cnccc12. The van der Waals surface area contributed by atoms with Crippen molar-refractivity contribution in [1.29, 1.82) is 0 Å². The van der Waals surface area contributed by atoms with Crippen LogP contribution >= 0.6 is 0 Å². The molecule has 0 aliphatic heterocycles. The topological polar surface area (TPSA) is 143 Å². The number of pyridine rings is 1. The van der Waals surface area contributed by atoms with Crippen molar-refractivity contribution in [3.63, 3.8) is 0 Å². The van der Waals surface area contributed by atoms with Crippen molar-refractivity contribution in [1.82, 2.24) is 29.7 Å². The number of nitrogens with one attached hydrogen (secondary N) is 1. The van der Waals surface area contributed by atoms with E-state index in [0.717, 1.165) is 16.3 Å². The molecule has 41 heavy (non-hydrogen) atoms. The molecule has 0 amide bonds. The van der Waals surface area contributed by atoms with Gasteiger partial charge in [-0.15, -0.1) is 10.2 Å². The van der Waals surface area contributed by atoms with Gasteiger partial charge in [0.15, 0.2) is 11.6 Å². The number of sulfonamides is 1. The summed E-state index contributed by atoms with van der Waals surface area (Å²) in [6.07, 6.45) is 5.69. The average molecular weight is 576 g/mol. The molecular formula is C28H29N7O5S. The van der Waals surface area contributed by atoms with E-state index in [1.54, 1.807) is 47.6 Å². The van der Waals surface area contributed by atoms with E-state index in [1.165, 1.54) is 28.3 Å². The van der Waals surface area contributed by atoms with Gasteiger partial charge in [-0.05, 0) is 43.0 Å². The number of nitrogens with zero attached hydrogens (tertiary/aromatic N) is 6. The normalized spacial score (nSPS) is 13.1. The predicted molar refractivity (Wildman–Crippen MR) is 154 cm³/mol. The molecule has 212 valence electrons. The number of benzene rings is 2. The first-order valence-corrected chi connectivity index (χ1v) is 14.2. The third kappa shape index (κ3) is 5.28. The summed E-state index contributed by atoms with van der Waals surface area (Å²) in [5, 5.41) is 9.35. The molecule has 2 aromatic carbocycles. The highest BCUT2D eigenvalue weighted by molar-refractivity contribution is 7.93.